The fourth-order valence-electron chi connectivity index (χ4n) is 5.89. The predicted molar refractivity (Wildman–Crippen MR) is 158 cm³/mol. The van der Waals surface area contributed by atoms with Crippen LogP contribution < -0.4 is 5.32 Å². The Morgan fingerprint density at radius 1 is 0.975 bits per heavy atom. The number of benzene rings is 3. The van der Waals surface area contributed by atoms with E-state index in [0.717, 1.165) is 33.8 Å². The van der Waals surface area contributed by atoms with E-state index in [9.17, 15) is 14.3 Å². The van der Waals surface area contributed by atoms with Gasteiger partial charge in [0, 0.05) is 23.5 Å². The van der Waals surface area contributed by atoms with Gasteiger partial charge in [-0.3, -0.25) is 4.79 Å². The zero-order valence-corrected chi connectivity index (χ0v) is 23.3. The third kappa shape index (κ3) is 6.03. The van der Waals surface area contributed by atoms with Gasteiger partial charge in [0.25, 0.3) is 5.91 Å². The Kier molecular flexibility index (Phi) is 8.48. The molecule has 208 valence electrons. The van der Waals surface area contributed by atoms with Crippen molar-refractivity contribution in [1.29, 1.82) is 0 Å². The van der Waals surface area contributed by atoms with Crippen molar-refractivity contribution in [2.75, 3.05) is 5.32 Å². The molecule has 0 aliphatic carbocycles. The van der Waals surface area contributed by atoms with Crippen LogP contribution in [0.5, 0.6) is 0 Å². The number of para-hydroxylation sites is 1. The summed E-state index contributed by atoms with van der Waals surface area (Å²) >= 11 is 0. The minimum atomic E-state index is -0.383. The molecule has 1 amide bonds. The van der Waals surface area contributed by atoms with E-state index in [2.05, 4.69) is 23.7 Å². The monoisotopic (exact) mass is 540 g/mol. The fourth-order valence-corrected chi connectivity index (χ4v) is 5.89. The highest BCUT2D eigenvalue weighted by molar-refractivity contribution is 6.12. The molecular formula is C34H37FN2O3. The lowest BCUT2D eigenvalue weighted by Gasteiger charge is -2.32. The summed E-state index contributed by atoms with van der Waals surface area (Å²) in [6, 6.07) is 25.8. The van der Waals surface area contributed by atoms with Crippen molar-refractivity contribution in [2.24, 2.45) is 0 Å². The molecule has 0 bridgehead atoms. The van der Waals surface area contributed by atoms with Crippen molar-refractivity contribution in [1.82, 2.24) is 4.57 Å². The van der Waals surface area contributed by atoms with Gasteiger partial charge in [0.15, 0.2) is 0 Å². The van der Waals surface area contributed by atoms with Gasteiger partial charge in [-0.2, -0.15) is 0 Å². The number of halogens is 1. The Morgan fingerprint density at radius 2 is 1.62 bits per heavy atom. The average Bonchev–Trinajstić information content (AvgIpc) is 3.28. The van der Waals surface area contributed by atoms with Crippen LogP contribution in [0.15, 0.2) is 84.9 Å². The summed E-state index contributed by atoms with van der Waals surface area (Å²) < 4.78 is 22.5. The van der Waals surface area contributed by atoms with Crippen molar-refractivity contribution in [3.8, 4) is 22.4 Å². The SMILES string of the molecule is CC(C)c1c(C(=O)Nc2ccccc2)c(-c2ccccc2)c(-c2ccc(F)cc2)n1CC[C@@H]1C[C@@H](O)C[C@@H](C)O1. The predicted octanol–water partition coefficient (Wildman–Crippen LogP) is 7.66. The summed E-state index contributed by atoms with van der Waals surface area (Å²) in [7, 11) is 0. The number of carbonyl (C=O) groups excluding carboxylic acids is 1. The number of rotatable bonds is 8. The fraction of sp³-hybridized carbons (Fsp3) is 0.324. The number of amides is 1. The zero-order chi connectivity index (χ0) is 28.2. The number of hydrogen-bond acceptors (Lipinski definition) is 3. The number of hydrogen-bond donors (Lipinski definition) is 2. The first-order valence-corrected chi connectivity index (χ1v) is 14.1. The topological polar surface area (TPSA) is 63.5 Å². The lowest BCUT2D eigenvalue weighted by Crippen LogP contribution is -2.34. The summed E-state index contributed by atoms with van der Waals surface area (Å²) in [5, 5.41) is 13.5. The van der Waals surface area contributed by atoms with Crippen LogP contribution in [0.4, 0.5) is 10.1 Å². The van der Waals surface area contributed by atoms with Gasteiger partial charge in [0.2, 0.25) is 0 Å². The van der Waals surface area contributed by atoms with Crippen molar-refractivity contribution in [3.63, 3.8) is 0 Å². The van der Waals surface area contributed by atoms with E-state index in [-0.39, 0.29) is 36.0 Å². The lowest BCUT2D eigenvalue weighted by atomic mass is 9.94. The van der Waals surface area contributed by atoms with Crippen LogP contribution in [-0.2, 0) is 11.3 Å². The summed E-state index contributed by atoms with van der Waals surface area (Å²) in [5.74, 6) is -0.480. The molecular weight excluding hydrogens is 503 g/mol. The summed E-state index contributed by atoms with van der Waals surface area (Å²) in [4.78, 5) is 14.1. The molecule has 5 nitrogen and oxygen atoms in total. The van der Waals surface area contributed by atoms with Crippen LogP contribution in [0.2, 0.25) is 0 Å². The Morgan fingerprint density at radius 3 is 2.25 bits per heavy atom. The van der Waals surface area contributed by atoms with E-state index < -0.39 is 0 Å². The molecule has 3 aromatic carbocycles. The molecule has 1 aliphatic rings. The van der Waals surface area contributed by atoms with Gasteiger partial charge in [-0.25, -0.2) is 4.39 Å². The highest BCUT2D eigenvalue weighted by atomic mass is 19.1. The van der Waals surface area contributed by atoms with Crippen molar-refractivity contribution in [2.45, 2.75) is 70.8 Å². The molecule has 1 aliphatic heterocycles. The van der Waals surface area contributed by atoms with E-state index in [0.29, 0.717) is 31.4 Å². The van der Waals surface area contributed by atoms with Gasteiger partial charge in [-0.15, -0.1) is 0 Å². The van der Waals surface area contributed by atoms with E-state index in [4.69, 9.17) is 4.74 Å². The molecule has 2 N–H and O–H groups in total. The minimum Gasteiger partial charge on any atom is -0.393 e. The number of nitrogens with one attached hydrogen (secondary N) is 1. The molecule has 0 unspecified atom stereocenters. The van der Waals surface area contributed by atoms with E-state index in [1.807, 2.05) is 67.6 Å². The van der Waals surface area contributed by atoms with Crippen LogP contribution in [0.25, 0.3) is 22.4 Å². The number of aromatic nitrogens is 1. The van der Waals surface area contributed by atoms with Gasteiger partial charge in [-0.1, -0.05) is 62.4 Å². The van der Waals surface area contributed by atoms with E-state index in [1.54, 1.807) is 12.1 Å². The maximum Gasteiger partial charge on any atom is 0.258 e. The van der Waals surface area contributed by atoms with Gasteiger partial charge >= 0.3 is 0 Å². The number of anilines is 1. The number of nitrogens with zero attached hydrogens (tertiary/aromatic N) is 1. The molecule has 0 spiro atoms. The molecule has 1 saturated heterocycles. The third-order valence-electron chi connectivity index (χ3n) is 7.53. The minimum absolute atomic E-state index is 0.00774. The molecule has 4 aromatic rings. The Labute approximate surface area is 235 Å². The smallest absolute Gasteiger partial charge is 0.258 e. The molecule has 0 saturated carbocycles. The Hall–Kier alpha value is -3.74. The van der Waals surface area contributed by atoms with Crippen molar-refractivity contribution < 1.29 is 19.0 Å². The Bertz CT molecular complexity index is 1420. The summed E-state index contributed by atoms with van der Waals surface area (Å²) in [6.07, 6.45) is 1.42. The molecule has 6 heteroatoms. The quantitative estimate of drug-likeness (QED) is 0.241. The van der Waals surface area contributed by atoms with E-state index >= 15 is 0 Å². The highest BCUT2D eigenvalue weighted by Crippen LogP contribution is 2.43. The summed E-state index contributed by atoms with van der Waals surface area (Å²) in [5.41, 5.74) is 5.69. The highest BCUT2D eigenvalue weighted by Gasteiger charge is 2.32. The van der Waals surface area contributed by atoms with Gasteiger partial charge in [0.05, 0.1) is 29.6 Å². The molecule has 40 heavy (non-hydrogen) atoms. The average molecular weight is 541 g/mol. The molecule has 5 rings (SSSR count). The number of aliphatic hydroxyl groups is 1. The lowest BCUT2D eigenvalue weighted by molar-refractivity contribution is -0.0911. The maximum absolute atomic E-state index is 14.1. The van der Waals surface area contributed by atoms with E-state index in [1.165, 1.54) is 12.1 Å². The molecule has 1 aromatic heterocycles. The van der Waals surface area contributed by atoms with Crippen molar-refractivity contribution >= 4 is 11.6 Å². The molecule has 0 radical (unpaired) electrons. The van der Waals surface area contributed by atoms with Crippen LogP contribution in [0.1, 0.15) is 62.0 Å². The maximum atomic E-state index is 14.1. The first-order valence-electron chi connectivity index (χ1n) is 14.1. The number of carbonyl (C=O) groups is 1. The third-order valence-corrected chi connectivity index (χ3v) is 7.53. The first-order chi connectivity index (χ1) is 19.3. The van der Waals surface area contributed by atoms with Crippen molar-refractivity contribution in [3.05, 3.63) is 102 Å². The van der Waals surface area contributed by atoms with Gasteiger partial charge in [-0.05, 0) is 79.6 Å². The Balaban J connectivity index is 1.70. The van der Waals surface area contributed by atoms with Crippen LogP contribution in [0.3, 0.4) is 0 Å². The second-order valence-electron chi connectivity index (χ2n) is 11.0. The number of aliphatic hydroxyl groups excluding tert-OH is 1. The second-order valence-corrected chi connectivity index (χ2v) is 11.0. The molecule has 2 heterocycles. The largest absolute Gasteiger partial charge is 0.393 e. The first kappa shape index (κ1) is 27.8. The van der Waals surface area contributed by atoms with Crippen LogP contribution in [0, 0.1) is 5.82 Å². The summed E-state index contributed by atoms with van der Waals surface area (Å²) in [6.45, 7) is 6.77. The molecule has 1 fully saturated rings. The van der Waals surface area contributed by atoms with Gasteiger partial charge < -0.3 is 19.7 Å². The molecule has 3 atom stereocenters. The number of ether oxygens (including phenoxy) is 1. The van der Waals surface area contributed by atoms with Gasteiger partial charge in [0.1, 0.15) is 5.82 Å². The van der Waals surface area contributed by atoms with Crippen LogP contribution >= 0.6 is 0 Å². The normalized spacial score (nSPS) is 19.1. The standard InChI is InChI=1S/C34H37FN2O3/c1-22(2)32-31(34(39)36-27-12-8-5-9-13-27)30(24-10-6-4-7-11-24)33(25-14-16-26(35)17-15-25)37(32)19-18-29-21-28(38)20-23(3)40-29/h4-17,22-23,28-29,38H,18-21H2,1-3H3,(H,36,39)/t23-,28+,29-/m1/s1. The second kappa shape index (κ2) is 12.2. The zero-order valence-electron chi connectivity index (χ0n) is 23.3. The van der Waals surface area contributed by atoms with Crippen LogP contribution in [-0.4, -0.2) is 33.9 Å².